The van der Waals surface area contributed by atoms with Gasteiger partial charge in [-0.25, -0.2) is 4.79 Å². The van der Waals surface area contributed by atoms with Crippen molar-refractivity contribution in [2.75, 3.05) is 13.7 Å². The third-order valence-corrected chi connectivity index (χ3v) is 4.42. The molecule has 3 rings (SSSR count). The van der Waals surface area contributed by atoms with E-state index in [1.54, 1.807) is 24.3 Å². The summed E-state index contributed by atoms with van der Waals surface area (Å²) in [7, 11) is 1.32. The molecule has 1 aliphatic carbocycles. The van der Waals surface area contributed by atoms with Crippen LogP contribution in [0.2, 0.25) is 0 Å². The van der Waals surface area contributed by atoms with E-state index in [-0.39, 0.29) is 17.9 Å². The Morgan fingerprint density at radius 3 is 2.52 bits per heavy atom. The van der Waals surface area contributed by atoms with Crippen molar-refractivity contribution >= 4 is 11.9 Å². The third-order valence-electron chi connectivity index (χ3n) is 4.42. The minimum absolute atomic E-state index is 0.149. The van der Waals surface area contributed by atoms with Gasteiger partial charge in [0.1, 0.15) is 5.54 Å². The van der Waals surface area contributed by atoms with Gasteiger partial charge in [-0.2, -0.15) is 0 Å². The van der Waals surface area contributed by atoms with Crippen LogP contribution < -0.4 is 5.32 Å². The second kappa shape index (κ2) is 5.62. The Kier molecular flexibility index (Phi) is 3.90. The summed E-state index contributed by atoms with van der Waals surface area (Å²) in [5.41, 5.74) is -0.527. The quantitative estimate of drug-likeness (QED) is 0.851. The van der Waals surface area contributed by atoms with E-state index in [4.69, 9.17) is 14.2 Å². The summed E-state index contributed by atoms with van der Waals surface area (Å²) in [5.74, 6) is -1.56. The molecule has 0 radical (unpaired) electrons. The maximum atomic E-state index is 12.4. The number of methoxy groups -OCH3 is 1. The highest BCUT2D eigenvalue weighted by atomic mass is 16.7. The molecule has 1 aromatic carbocycles. The van der Waals surface area contributed by atoms with Crippen LogP contribution in [0.25, 0.3) is 0 Å². The summed E-state index contributed by atoms with van der Waals surface area (Å²) in [6.45, 7) is 4.06. The third kappa shape index (κ3) is 2.96. The second-order valence-corrected chi connectivity index (χ2v) is 6.46. The smallest absolute Gasteiger partial charge is 0.331 e. The van der Waals surface area contributed by atoms with E-state index >= 15 is 0 Å². The van der Waals surface area contributed by atoms with E-state index in [1.165, 1.54) is 7.11 Å². The van der Waals surface area contributed by atoms with Crippen molar-refractivity contribution in [1.82, 2.24) is 5.32 Å². The zero-order valence-corrected chi connectivity index (χ0v) is 13.5. The second-order valence-electron chi connectivity index (χ2n) is 6.46. The summed E-state index contributed by atoms with van der Waals surface area (Å²) in [6.07, 6.45) is 0.252. The van der Waals surface area contributed by atoms with Gasteiger partial charge in [-0.1, -0.05) is 18.2 Å². The van der Waals surface area contributed by atoms with Crippen LogP contribution in [0.3, 0.4) is 0 Å². The Labute approximate surface area is 135 Å². The van der Waals surface area contributed by atoms with Gasteiger partial charge < -0.3 is 19.5 Å². The van der Waals surface area contributed by atoms with Gasteiger partial charge in [0.25, 0.3) is 5.91 Å². The number of amides is 1. The van der Waals surface area contributed by atoms with E-state index in [1.807, 2.05) is 19.9 Å². The first kappa shape index (κ1) is 16.0. The molecular weight excluding hydrogens is 298 g/mol. The van der Waals surface area contributed by atoms with Crippen LogP contribution in [0, 0.1) is 5.92 Å². The molecule has 1 amide bonds. The van der Waals surface area contributed by atoms with Gasteiger partial charge in [0.15, 0.2) is 5.79 Å². The number of hydrogen-bond acceptors (Lipinski definition) is 5. The lowest BCUT2D eigenvalue weighted by Gasteiger charge is -2.21. The minimum atomic E-state index is -1.03. The number of hydrogen-bond donors (Lipinski definition) is 1. The van der Waals surface area contributed by atoms with E-state index in [0.29, 0.717) is 18.6 Å². The average molecular weight is 319 g/mol. The van der Waals surface area contributed by atoms with Crippen molar-refractivity contribution in [2.45, 2.75) is 37.7 Å². The summed E-state index contributed by atoms with van der Waals surface area (Å²) in [5, 5.41) is 2.84. The predicted octanol–water partition coefficient (Wildman–Crippen LogP) is 1.50. The number of benzene rings is 1. The lowest BCUT2D eigenvalue weighted by molar-refractivity contribution is -0.149. The van der Waals surface area contributed by atoms with Crippen molar-refractivity contribution in [2.24, 2.45) is 5.92 Å². The first-order valence-electron chi connectivity index (χ1n) is 7.66. The molecule has 0 spiro atoms. The van der Waals surface area contributed by atoms with Crippen LogP contribution >= 0.6 is 0 Å². The molecule has 3 atom stereocenters. The highest BCUT2D eigenvalue weighted by Crippen LogP contribution is 2.50. The molecule has 23 heavy (non-hydrogen) atoms. The van der Waals surface area contributed by atoms with E-state index in [9.17, 15) is 9.59 Å². The molecule has 2 aliphatic rings. The molecule has 6 nitrogen and oxygen atoms in total. The molecule has 2 fully saturated rings. The van der Waals surface area contributed by atoms with Gasteiger partial charge in [0, 0.05) is 11.5 Å². The predicted molar refractivity (Wildman–Crippen MR) is 81.7 cm³/mol. The largest absolute Gasteiger partial charge is 0.467 e. The number of carbonyl (C=O) groups excluding carboxylic acids is 2. The normalized spacial score (nSPS) is 31.4. The zero-order chi connectivity index (χ0) is 16.7. The van der Waals surface area contributed by atoms with Gasteiger partial charge in [-0.15, -0.1) is 0 Å². The summed E-state index contributed by atoms with van der Waals surface area (Å²) in [6, 6.07) is 8.80. The Morgan fingerprint density at radius 1 is 1.26 bits per heavy atom. The first-order chi connectivity index (χ1) is 10.9. The molecule has 6 heteroatoms. The van der Waals surface area contributed by atoms with E-state index in [2.05, 4.69) is 5.32 Å². The average Bonchev–Trinajstić information content (AvgIpc) is 3.15. The fourth-order valence-electron chi connectivity index (χ4n) is 3.13. The van der Waals surface area contributed by atoms with Crippen LogP contribution in [-0.2, 0) is 19.0 Å². The van der Waals surface area contributed by atoms with Crippen molar-refractivity contribution < 1.29 is 23.8 Å². The zero-order valence-electron chi connectivity index (χ0n) is 13.5. The summed E-state index contributed by atoms with van der Waals surface area (Å²) in [4.78, 5) is 24.7. The van der Waals surface area contributed by atoms with Crippen molar-refractivity contribution in [1.29, 1.82) is 0 Å². The molecule has 0 aromatic heterocycles. The number of rotatable bonds is 4. The highest BCUT2D eigenvalue weighted by molar-refractivity contribution is 5.99. The lowest BCUT2D eigenvalue weighted by Crippen LogP contribution is -2.47. The molecule has 1 saturated heterocycles. The molecule has 1 N–H and O–H groups in total. The monoisotopic (exact) mass is 319 g/mol. The number of ether oxygens (including phenoxy) is 3. The lowest BCUT2D eigenvalue weighted by atomic mass is 10.1. The van der Waals surface area contributed by atoms with Gasteiger partial charge >= 0.3 is 5.97 Å². The fourth-order valence-corrected chi connectivity index (χ4v) is 3.13. The molecule has 1 aromatic rings. The summed E-state index contributed by atoms with van der Waals surface area (Å²) < 4.78 is 16.3. The molecule has 0 bridgehead atoms. The molecular formula is C17H21NO5. The topological polar surface area (TPSA) is 73.9 Å². The standard InChI is InChI=1S/C17H21NO5/c1-16(2)22-10-13(23-16)12-9-17(12,15(20)21-3)18-14(19)11-7-5-4-6-8-11/h4-8,12-13H,9-10H2,1-3H3,(H,18,19)/t12-,13-,17-/m1/s1. The van der Waals surface area contributed by atoms with Crippen molar-refractivity contribution in [3.63, 3.8) is 0 Å². The van der Waals surface area contributed by atoms with Gasteiger partial charge in [0.2, 0.25) is 0 Å². The van der Waals surface area contributed by atoms with Crippen LogP contribution in [0.5, 0.6) is 0 Å². The number of carbonyl (C=O) groups is 2. The minimum Gasteiger partial charge on any atom is -0.467 e. The van der Waals surface area contributed by atoms with Crippen molar-refractivity contribution in [3.05, 3.63) is 35.9 Å². The van der Waals surface area contributed by atoms with Gasteiger partial charge in [-0.3, -0.25) is 4.79 Å². The molecule has 124 valence electrons. The molecule has 1 heterocycles. The van der Waals surface area contributed by atoms with Crippen LogP contribution in [0.1, 0.15) is 30.6 Å². The highest BCUT2D eigenvalue weighted by Gasteiger charge is 2.67. The van der Waals surface area contributed by atoms with Gasteiger partial charge in [0.05, 0.1) is 19.8 Å². The Hall–Kier alpha value is -1.92. The maximum absolute atomic E-state index is 12.4. The van der Waals surface area contributed by atoms with Crippen molar-refractivity contribution in [3.8, 4) is 0 Å². The van der Waals surface area contributed by atoms with Gasteiger partial charge in [-0.05, 0) is 32.4 Å². The Bertz CT molecular complexity index is 615. The Balaban J connectivity index is 1.75. The van der Waals surface area contributed by atoms with Crippen LogP contribution in [-0.4, -0.2) is 43.0 Å². The Morgan fingerprint density at radius 2 is 1.96 bits per heavy atom. The van der Waals surface area contributed by atoms with Crippen LogP contribution in [0.15, 0.2) is 30.3 Å². The molecule has 1 saturated carbocycles. The number of nitrogens with one attached hydrogen (secondary N) is 1. The summed E-state index contributed by atoms with van der Waals surface area (Å²) >= 11 is 0. The first-order valence-corrected chi connectivity index (χ1v) is 7.66. The SMILES string of the molecule is COC(=O)[C@@]1(NC(=O)c2ccccc2)C[C@@H]1[C@H]1COC(C)(C)O1. The fraction of sp³-hybridized carbons (Fsp3) is 0.529. The number of esters is 1. The molecule has 1 aliphatic heterocycles. The van der Waals surface area contributed by atoms with E-state index < -0.39 is 17.3 Å². The van der Waals surface area contributed by atoms with Crippen LogP contribution in [0.4, 0.5) is 0 Å². The molecule has 0 unspecified atom stereocenters. The van der Waals surface area contributed by atoms with E-state index in [0.717, 1.165) is 0 Å². The maximum Gasteiger partial charge on any atom is 0.331 e.